The first-order chi connectivity index (χ1) is 9.44. The molecule has 0 bridgehead atoms. The quantitative estimate of drug-likeness (QED) is 0.726. The largest absolute Gasteiger partial charge is 0.361 e. The molecule has 0 radical (unpaired) electrons. The number of carbonyl (C=O) groups excluding carboxylic acids is 1. The summed E-state index contributed by atoms with van der Waals surface area (Å²) in [6.45, 7) is 2.78. The number of likely N-dealkylation sites (N-methyl/N-ethyl adjacent to an activating group) is 1. The third-order valence-corrected chi connectivity index (χ3v) is 4.92. The monoisotopic (exact) mass is 302 g/mol. The molecule has 112 valence electrons. The Morgan fingerprint density at radius 2 is 2.40 bits per heavy atom. The third-order valence-electron chi connectivity index (χ3n) is 3.11. The van der Waals surface area contributed by atoms with E-state index < -0.39 is 16.1 Å². The Balaban J connectivity index is 2.19. The van der Waals surface area contributed by atoms with Crippen molar-refractivity contribution in [2.45, 2.75) is 18.7 Å². The van der Waals surface area contributed by atoms with E-state index in [-0.39, 0.29) is 18.2 Å². The molecule has 0 aliphatic carbocycles. The van der Waals surface area contributed by atoms with E-state index in [0.29, 0.717) is 24.5 Å². The van der Waals surface area contributed by atoms with E-state index in [1.165, 1.54) is 11.4 Å². The summed E-state index contributed by atoms with van der Waals surface area (Å²) >= 11 is 0. The first-order valence-corrected chi connectivity index (χ1v) is 7.89. The SMILES string of the molecule is CNC(=O)C1CNCCN1S(=O)(=O)Cc1cc(C)on1. The van der Waals surface area contributed by atoms with Gasteiger partial charge in [0.05, 0.1) is 0 Å². The van der Waals surface area contributed by atoms with Crippen molar-refractivity contribution in [2.75, 3.05) is 26.7 Å². The first-order valence-electron chi connectivity index (χ1n) is 6.28. The van der Waals surface area contributed by atoms with Gasteiger partial charge >= 0.3 is 0 Å². The molecule has 1 atom stereocenters. The summed E-state index contributed by atoms with van der Waals surface area (Å²) in [7, 11) is -2.13. The van der Waals surface area contributed by atoms with Crippen LogP contribution in [0.2, 0.25) is 0 Å². The van der Waals surface area contributed by atoms with Crippen LogP contribution in [0, 0.1) is 6.92 Å². The maximum Gasteiger partial charge on any atom is 0.239 e. The number of sulfonamides is 1. The summed E-state index contributed by atoms with van der Waals surface area (Å²) in [5, 5.41) is 9.19. The van der Waals surface area contributed by atoms with Gasteiger partial charge in [-0.15, -0.1) is 0 Å². The van der Waals surface area contributed by atoms with Crippen LogP contribution in [0.4, 0.5) is 0 Å². The fourth-order valence-corrected chi connectivity index (χ4v) is 3.77. The molecule has 1 aliphatic heterocycles. The maximum absolute atomic E-state index is 12.4. The topological polar surface area (TPSA) is 105 Å². The fourth-order valence-electron chi connectivity index (χ4n) is 2.16. The number of hydrogen-bond acceptors (Lipinski definition) is 6. The predicted octanol–water partition coefficient (Wildman–Crippen LogP) is -1.17. The van der Waals surface area contributed by atoms with Crippen molar-refractivity contribution >= 4 is 15.9 Å². The molecule has 1 amide bonds. The van der Waals surface area contributed by atoms with Crippen LogP contribution in [0.25, 0.3) is 0 Å². The summed E-state index contributed by atoms with van der Waals surface area (Å²) < 4.78 is 31.0. The number of carbonyl (C=O) groups is 1. The molecule has 0 aromatic carbocycles. The Morgan fingerprint density at radius 1 is 1.65 bits per heavy atom. The van der Waals surface area contributed by atoms with Gasteiger partial charge in [-0.1, -0.05) is 5.16 Å². The lowest BCUT2D eigenvalue weighted by Crippen LogP contribution is -2.59. The van der Waals surface area contributed by atoms with Gasteiger partial charge in [-0.2, -0.15) is 4.31 Å². The van der Waals surface area contributed by atoms with Crippen LogP contribution in [0.1, 0.15) is 11.5 Å². The van der Waals surface area contributed by atoms with E-state index in [9.17, 15) is 13.2 Å². The number of amides is 1. The van der Waals surface area contributed by atoms with Crippen LogP contribution in [-0.2, 0) is 20.6 Å². The van der Waals surface area contributed by atoms with E-state index in [2.05, 4.69) is 15.8 Å². The number of hydrogen-bond donors (Lipinski definition) is 2. The minimum Gasteiger partial charge on any atom is -0.361 e. The van der Waals surface area contributed by atoms with Gasteiger partial charge in [0, 0.05) is 32.7 Å². The second-order valence-electron chi connectivity index (χ2n) is 4.63. The molecule has 20 heavy (non-hydrogen) atoms. The second-order valence-corrected chi connectivity index (χ2v) is 6.55. The Labute approximate surface area is 117 Å². The molecule has 2 rings (SSSR count). The van der Waals surface area contributed by atoms with Crippen LogP contribution < -0.4 is 10.6 Å². The van der Waals surface area contributed by atoms with Gasteiger partial charge in [0.1, 0.15) is 23.2 Å². The van der Waals surface area contributed by atoms with Gasteiger partial charge in [-0.05, 0) is 6.92 Å². The first kappa shape index (κ1) is 14.9. The third kappa shape index (κ3) is 3.17. The summed E-state index contributed by atoms with van der Waals surface area (Å²) in [6, 6.07) is 0.848. The van der Waals surface area contributed by atoms with Gasteiger partial charge in [0.2, 0.25) is 15.9 Å². The smallest absolute Gasteiger partial charge is 0.239 e. The van der Waals surface area contributed by atoms with Crippen LogP contribution in [0.5, 0.6) is 0 Å². The van der Waals surface area contributed by atoms with Gasteiger partial charge in [-0.25, -0.2) is 8.42 Å². The minimum absolute atomic E-state index is 0.261. The van der Waals surface area contributed by atoms with Crippen LogP contribution in [0.15, 0.2) is 10.6 Å². The molecule has 1 unspecified atom stereocenters. The number of aromatic nitrogens is 1. The van der Waals surface area contributed by atoms with E-state index in [1.807, 2.05) is 0 Å². The lowest BCUT2D eigenvalue weighted by Gasteiger charge is -2.33. The van der Waals surface area contributed by atoms with E-state index in [0.717, 1.165) is 0 Å². The summed E-state index contributed by atoms with van der Waals surface area (Å²) in [4.78, 5) is 11.8. The lowest BCUT2D eigenvalue weighted by atomic mass is 10.2. The highest BCUT2D eigenvalue weighted by Crippen LogP contribution is 2.15. The standard InChI is InChI=1S/C11H18N4O4S/c1-8-5-9(14-19-8)7-20(17,18)15-4-3-13-6-10(15)11(16)12-2/h5,10,13H,3-4,6-7H2,1-2H3,(H,12,16). The molecule has 1 aromatic heterocycles. The molecular formula is C11H18N4O4S. The maximum atomic E-state index is 12.4. The van der Waals surface area contributed by atoms with Crippen LogP contribution in [-0.4, -0.2) is 56.5 Å². The van der Waals surface area contributed by atoms with Crippen LogP contribution in [0.3, 0.4) is 0 Å². The zero-order valence-corrected chi connectivity index (χ0v) is 12.2. The van der Waals surface area contributed by atoms with Crippen molar-refractivity contribution in [3.8, 4) is 0 Å². The molecule has 1 aromatic rings. The van der Waals surface area contributed by atoms with Crippen molar-refractivity contribution in [1.29, 1.82) is 0 Å². The molecule has 2 heterocycles. The zero-order chi connectivity index (χ0) is 14.8. The molecule has 2 N–H and O–H groups in total. The molecule has 8 nitrogen and oxygen atoms in total. The predicted molar refractivity (Wildman–Crippen MR) is 71.3 cm³/mol. The number of aryl methyl sites for hydroxylation is 1. The molecular weight excluding hydrogens is 284 g/mol. The summed E-state index contributed by atoms with van der Waals surface area (Å²) in [5.74, 6) is -0.0341. The number of nitrogens with one attached hydrogen (secondary N) is 2. The van der Waals surface area contributed by atoms with E-state index >= 15 is 0 Å². The molecule has 9 heteroatoms. The number of nitrogens with zero attached hydrogens (tertiary/aromatic N) is 2. The van der Waals surface area contributed by atoms with E-state index in [1.54, 1.807) is 13.0 Å². The van der Waals surface area contributed by atoms with Gasteiger partial charge in [0.15, 0.2) is 0 Å². The molecule has 1 saturated heterocycles. The van der Waals surface area contributed by atoms with Crippen molar-refractivity contribution < 1.29 is 17.7 Å². The minimum atomic E-state index is -3.62. The zero-order valence-electron chi connectivity index (χ0n) is 11.4. The van der Waals surface area contributed by atoms with Gasteiger partial charge in [-0.3, -0.25) is 4.79 Å². The highest BCUT2D eigenvalue weighted by Gasteiger charge is 2.36. The van der Waals surface area contributed by atoms with Crippen molar-refractivity contribution in [2.24, 2.45) is 0 Å². The van der Waals surface area contributed by atoms with Crippen LogP contribution >= 0.6 is 0 Å². The Bertz CT molecular complexity index is 583. The molecule has 1 fully saturated rings. The lowest BCUT2D eigenvalue weighted by molar-refractivity contribution is -0.124. The summed E-state index contributed by atoms with van der Waals surface area (Å²) in [5.41, 5.74) is 0.344. The highest BCUT2D eigenvalue weighted by molar-refractivity contribution is 7.88. The fraction of sp³-hybridized carbons (Fsp3) is 0.636. The number of piperazine rings is 1. The Morgan fingerprint density at radius 3 is 3.00 bits per heavy atom. The Kier molecular flexibility index (Phi) is 4.41. The highest BCUT2D eigenvalue weighted by atomic mass is 32.2. The summed E-state index contributed by atoms with van der Waals surface area (Å²) in [6.07, 6.45) is 0. The Hall–Kier alpha value is -1.45. The molecule has 1 aliphatic rings. The van der Waals surface area contributed by atoms with Crippen molar-refractivity contribution in [1.82, 2.24) is 20.1 Å². The van der Waals surface area contributed by atoms with Crippen molar-refractivity contribution in [3.05, 3.63) is 17.5 Å². The van der Waals surface area contributed by atoms with Crippen molar-refractivity contribution in [3.63, 3.8) is 0 Å². The van der Waals surface area contributed by atoms with Gasteiger partial charge < -0.3 is 15.2 Å². The molecule has 0 saturated carbocycles. The average Bonchev–Trinajstić information content (AvgIpc) is 2.82. The normalized spacial score (nSPS) is 20.8. The van der Waals surface area contributed by atoms with E-state index in [4.69, 9.17) is 4.52 Å². The average molecular weight is 302 g/mol. The van der Waals surface area contributed by atoms with Gasteiger partial charge in [0.25, 0.3) is 0 Å². The molecule has 0 spiro atoms. The number of rotatable bonds is 4. The second kappa shape index (κ2) is 5.90.